The summed E-state index contributed by atoms with van der Waals surface area (Å²) in [5, 5.41) is 21.1. The number of hydrogen-bond acceptors (Lipinski definition) is 6. The third-order valence-electron chi connectivity index (χ3n) is 3.66. The molecule has 8 heteroatoms. The molecule has 0 aliphatic rings. The molecule has 128 valence electrons. The average Bonchev–Trinajstić information content (AvgIpc) is 2.55. The second-order valence-electron chi connectivity index (χ2n) is 5.40. The Morgan fingerprint density at radius 2 is 1.88 bits per heavy atom. The molecule has 0 atom stereocenters. The van der Waals surface area contributed by atoms with Gasteiger partial charge in [-0.1, -0.05) is 0 Å². The van der Waals surface area contributed by atoms with Crippen LogP contribution in [0.4, 0.5) is 10.1 Å². The second kappa shape index (κ2) is 5.90. The molecule has 0 bridgehead atoms. The summed E-state index contributed by atoms with van der Waals surface area (Å²) >= 11 is 0. The van der Waals surface area contributed by atoms with Crippen LogP contribution in [0.25, 0.3) is 11.0 Å². The van der Waals surface area contributed by atoms with Crippen LogP contribution in [0.3, 0.4) is 0 Å². The van der Waals surface area contributed by atoms with Crippen molar-refractivity contribution in [1.29, 1.82) is 0 Å². The molecule has 0 fully saturated rings. The molecule has 3 rings (SSSR count). The lowest BCUT2D eigenvalue weighted by Crippen LogP contribution is -2.09. The molecule has 0 saturated carbocycles. The molecular formula is C17H12FNO6. The number of nitro groups is 1. The van der Waals surface area contributed by atoms with Crippen LogP contribution in [0.2, 0.25) is 0 Å². The Bertz CT molecular complexity index is 1060. The fourth-order valence-electron chi connectivity index (χ4n) is 2.43. The lowest BCUT2D eigenvalue weighted by Gasteiger charge is -2.10. The third kappa shape index (κ3) is 2.78. The van der Waals surface area contributed by atoms with E-state index >= 15 is 0 Å². The summed E-state index contributed by atoms with van der Waals surface area (Å²) < 4.78 is 23.8. The highest BCUT2D eigenvalue weighted by Crippen LogP contribution is 2.38. The molecular weight excluding hydrogens is 333 g/mol. The highest BCUT2D eigenvalue weighted by Gasteiger charge is 2.27. The Morgan fingerprint density at radius 3 is 2.48 bits per heavy atom. The Morgan fingerprint density at radius 1 is 1.24 bits per heavy atom. The van der Waals surface area contributed by atoms with Gasteiger partial charge in [-0.3, -0.25) is 14.9 Å². The van der Waals surface area contributed by atoms with E-state index in [-0.39, 0.29) is 33.8 Å². The molecule has 1 heterocycles. The van der Waals surface area contributed by atoms with Crippen molar-refractivity contribution in [1.82, 2.24) is 0 Å². The Balaban J connectivity index is 2.26. The molecule has 3 aromatic rings. The Hall–Kier alpha value is -3.42. The molecule has 0 spiro atoms. The summed E-state index contributed by atoms with van der Waals surface area (Å²) in [5.41, 5.74) is -1.48. The van der Waals surface area contributed by atoms with Crippen LogP contribution < -0.4 is 10.2 Å². The number of aryl methyl sites for hydroxylation is 2. The number of nitro benzene ring substituents is 1. The maximum Gasteiger partial charge on any atom is 0.353 e. The molecule has 0 unspecified atom stereocenters. The number of ether oxygens (including phenoxy) is 1. The van der Waals surface area contributed by atoms with Crippen LogP contribution in [0.15, 0.2) is 39.5 Å². The standard InChI is InChI=1S/C17H12FNO6/c1-8-7-12-15(21)16(25-11-5-3-10(18)4-6-11)9(2)24-17(12)13(14(8)20)19(22)23/h3-7,20H,1-2H3. The smallest absolute Gasteiger partial charge is 0.353 e. The van der Waals surface area contributed by atoms with E-state index in [1.54, 1.807) is 0 Å². The second-order valence-corrected chi connectivity index (χ2v) is 5.40. The quantitative estimate of drug-likeness (QED) is 0.569. The van der Waals surface area contributed by atoms with Crippen molar-refractivity contribution in [2.75, 3.05) is 0 Å². The first-order valence-corrected chi connectivity index (χ1v) is 7.17. The van der Waals surface area contributed by atoms with Gasteiger partial charge in [-0.2, -0.15) is 0 Å². The van der Waals surface area contributed by atoms with Gasteiger partial charge in [0, 0.05) is 0 Å². The van der Waals surface area contributed by atoms with Gasteiger partial charge >= 0.3 is 5.69 Å². The maximum absolute atomic E-state index is 13.0. The minimum Gasteiger partial charge on any atom is -0.502 e. The summed E-state index contributed by atoms with van der Waals surface area (Å²) in [5.74, 6) is -0.989. The number of benzene rings is 2. The summed E-state index contributed by atoms with van der Waals surface area (Å²) in [6, 6.07) is 6.30. The zero-order valence-corrected chi connectivity index (χ0v) is 13.2. The van der Waals surface area contributed by atoms with Crippen molar-refractivity contribution < 1.29 is 23.6 Å². The van der Waals surface area contributed by atoms with Gasteiger partial charge in [0.1, 0.15) is 17.3 Å². The number of phenolic OH excluding ortho intramolecular Hbond substituents is 1. The fourth-order valence-corrected chi connectivity index (χ4v) is 2.43. The van der Waals surface area contributed by atoms with Crippen LogP contribution in [-0.2, 0) is 0 Å². The van der Waals surface area contributed by atoms with E-state index in [4.69, 9.17) is 9.15 Å². The van der Waals surface area contributed by atoms with Gasteiger partial charge in [0.05, 0.1) is 10.3 Å². The Kier molecular flexibility index (Phi) is 3.88. The first-order chi connectivity index (χ1) is 11.8. The first kappa shape index (κ1) is 16.4. The van der Waals surface area contributed by atoms with E-state index in [2.05, 4.69) is 0 Å². The van der Waals surface area contributed by atoms with E-state index in [1.807, 2.05) is 0 Å². The number of rotatable bonds is 3. The average molecular weight is 345 g/mol. The molecule has 1 N–H and O–H groups in total. The molecule has 0 amide bonds. The lowest BCUT2D eigenvalue weighted by molar-refractivity contribution is -0.384. The topological polar surface area (TPSA) is 103 Å². The molecule has 25 heavy (non-hydrogen) atoms. The summed E-state index contributed by atoms with van der Waals surface area (Å²) in [4.78, 5) is 23.1. The van der Waals surface area contributed by atoms with E-state index in [9.17, 15) is 24.4 Å². The van der Waals surface area contributed by atoms with E-state index in [0.717, 1.165) is 0 Å². The van der Waals surface area contributed by atoms with Gasteiger partial charge in [-0.05, 0) is 49.7 Å². The van der Waals surface area contributed by atoms with E-state index in [0.29, 0.717) is 0 Å². The minimum atomic E-state index is -0.812. The van der Waals surface area contributed by atoms with Crippen molar-refractivity contribution in [3.8, 4) is 17.2 Å². The zero-order chi connectivity index (χ0) is 18.3. The highest BCUT2D eigenvalue weighted by atomic mass is 19.1. The summed E-state index contributed by atoms with van der Waals surface area (Å²) in [6.45, 7) is 2.84. The van der Waals surface area contributed by atoms with Gasteiger partial charge in [-0.25, -0.2) is 4.39 Å². The van der Waals surface area contributed by atoms with Crippen molar-refractivity contribution in [3.05, 3.63) is 67.8 Å². The number of nitrogens with zero attached hydrogens (tertiary/aromatic N) is 1. The normalized spacial score (nSPS) is 10.8. The van der Waals surface area contributed by atoms with Crippen LogP contribution in [0, 0.1) is 29.8 Å². The van der Waals surface area contributed by atoms with Gasteiger partial charge < -0.3 is 14.3 Å². The zero-order valence-electron chi connectivity index (χ0n) is 13.2. The van der Waals surface area contributed by atoms with E-state index in [1.165, 1.54) is 44.2 Å². The molecule has 2 aromatic carbocycles. The predicted octanol–water partition coefficient (Wildman–Crippen LogP) is 3.96. The van der Waals surface area contributed by atoms with Crippen LogP contribution >= 0.6 is 0 Å². The fraction of sp³-hybridized carbons (Fsp3) is 0.118. The van der Waals surface area contributed by atoms with Crippen LogP contribution in [-0.4, -0.2) is 10.0 Å². The Labute approximate surface area is 140 Å². The van der Waals surface area contributed by atoms with Gasteiger partial charge in [0.25, 0.3) is 0 Å². The number of hydrogen-bond donors (Lipinski definition) is 1. The third-order valence-corrected chi connectivity index (χ3v) is 3.66. The number of halogens is 1. The molecule has 0 aliphatic carbocycles. The van der Waals surface area contributed by atoms with Gasteiger partial charge in [-0.15, -0.1) is 0 Å². The predicted molar refractivity (Wildman–Crippen MR) is 86.8 cm³/mol. The molecule has 0 aliphatic heterocycles. The molecule has 0 saturated heterocycles. The lowest BCUT2D eigenvalue weighted by atomic mass is 10.1. The first-order valence-electron chi connectivity index (χ1n) is 7.17. The summed E-state index contributed by atoms with van der Waals surface area (Å²) in [7, 11) is 0. The van der Waals surface area contributed by atoms with Crippen molar-refractivity contribution in [2.24, 2.45) is 0 Å². The van der Waals surface area contributed by atoms with Gasteiger partial charge in [0.15, 0.2) is 0 Å². The summed E-state index contributed by atoms with van der Waals surface area (Å²) in [6.07, 6.45) is 0. The minimum absolute atomic E-state index is 0.00632. The monoisotopic (exact) mass is 345 g/mol. The van der Waals surface area contributed by atoms with Crippen molar-refractivity contribution in [3.63, 3.8) is 0 Å². The molecule has 1 aromatic heterocycles. The maximum atomic E-state index is 13.0. The van der Waals surface area contributed by atoms with Crippen molar-refractivity contribution in [2.45, 2.75) is 13.8 Å². The highest BCUT2D eigenvalue weighted by molar-refractivity contribution is 5.90. The van der Waals surface area contributed by atoms with Crippen LogP contribution in [0.5, 0.6) is 17.2 Å². The number of aromatic hydroxyl groups is 1. The van der Waals surface area contributed by atoms with Gasteiger partial charge in [0.2, 0.25) is 22.5 Å². The molecule has 7 nitrogen and oxygen atoms in total. The van der Waals surface area contributed by atoms with E-state index < -0.39 is 27.6 Å². The molecule has 0 radical (unpaired) electrons. The SMILES string of the molecule is Cc1cc2c(=O)c(Oc3ccc(F)cc3)c(C)oc2c([N+](=O)[O-])c1O. The number of fused-ring (bicyclic) bond motifs is 1. The largest absolute Gasteiger partial charge is 0.502 e. The number of phenols is 1. The van der Waals surface area contributed by atoms with Crippen molar-refractivity contribution >= 4 is 16.7 Å². The van der Waals surface area contributed by atoms with Crippen LogP contribution in [0.1, 0.15) is 11.3 Å².